The molecule has 7 heteroatoms. The number of hydrogen-bond acceptors (Lipinski definition) is 2. The van der Waals surface area contributed by atoms with E-state index < -0.39 is 66.5 Å². The predicted molar refractivity (Wildman–Crippen MR) is 330 cm³/mol. The summed E-state index contributed by atoms with van der Waals surface area (Å²) in [5, 5.41) is 1.05. The molecule has 9 aromatic carbocycles. The first-order valence-electron chi connectivity index (χ1n) is 33.4. The summed E-state index contributed by atoms with van der Waals surface area (Å²) in [5.74, 6) is 0.943. The molecule has 404 valence electrons. The van der Waals surface area contributed by atoms with Gasteiger partial charge in [0.05, 0.1) is 45.6 Å². The number of benzene rings is 9. The molecular weight excluding hydrogens is 1170 g/mol. The normalized spacial score (nSPS) is 14.9. The van der Waals surface area contributed by atoms with Crippen molar-refractivity contribution in [3.05, 3.63) is 241 Å². The maximum absolute atomic E-state index is 9.56. The molecule has 4 heterocycles. The fraction of sp³-hybridized carbons (Fsp3) is 0.189. The summed E-state index contributed by atoms with van der Waals surface area (Å²) in [6.45, 7) is 21.7. The van der Waals surface area contributed by atoms with E-state index in [-0.39, 0.29) is 99.9 Å². The van der Waals surface area contributed by atoms with E-state index in [1.54, 1.807) is 30.5 Å². The van der Waals surface area contributed by atoms with Gasteiger partial charge in [0.2, 0.25) is 0 Å². The molecule has 0 N–H and O–H groups in total. The molecule has 0 aliphatic heterocycles. The number of ether oxygens (including phenoxy) is 1. The minimum Gasteiger partial charge on any atom is -0.510 e. The molecule has 0 radical (unpaired) electrons. The van der Waals surface area contributed by atoms with Crippen LogP contribution in [0, 0.1) is 23.9 Å². The third-order valence-electron chi connectivity index (χ3n) is 15.5. The van der Waals surface area contributed by atoms with E-state index in [9.17, 15) is 8.22 Å². The van der Waals surface area contributed by atoms with E-state index >= 15 is 0 Å². The smallest absolute Gasteiger partial charge is 0.268 e. The number of pyridine rings is 1. The zero-order chi connectivity index (χ0) is 66.6. The molecule has 0 amide bonds. The Morgan fingerprint density at radius 3 is 1.85 bits per heavy atom. The van der Waals surface area contributed by atoms with Crippen LogP contribution in [0.5, 0.6) is 11.5 Å². The quantitative estimate of drug-likeness (QED) is 0.107. The number of para-hydroxylation sites is 6. The summed E-state index contributed by atoms with van der Waals surface area (Å²) in [5.41, 5.74) is 8.11. The molecular formula is C74H65N5OPt-2. The Hall–Kier alpha value is -8.31. The number of imidazole rings is 1. The van der Waals surface area contributed by atoms with Gasteiger partial charge in [0, 0.05) is 55.1 Å². The molecule has 1 atom stereocenters. The number of hydrogen-bond donors (Lipinski definition) is 0. The van der Waals surface area contributed by atoms with Crippen molar-refractivity contribution in [1.82, 2.24) is 18.7 Å². The third-order valence-corrected chi connectivity index (χ3v) is 15.5. The fourth-order valence-corrected chi connectivity index (χ4v) is 10.8. The molecule has 0 bridgehead atoms. The van der Waals surface area contributed by atoms with Gasteiger partial charge in [-0.25, -0.2) is 4.98 Å². The van der Waals surface area contributed by atoms with Crippen LogP contribution in [-0.4, -0.2) is 18.7 Å². The standard InChI is InChI=1S/C74H65N5O.Pt/c1-48(72(2,3)4)50-38-39-75-69(42-50)79-64-35-19-16-30-61(64)70-67(78-62-33-17-14-28-59(62)60-29-15-18-34-63(60)78)45-56(46-68(70)79)80-55-27-22-26-54(44-55)76-47-77(66-37-21-20-36-65(66)76)71-57(49-24-12-11-13-25-49)31-23-32-58(71)51-40-52(73(5,6)7)43-53(41-51)74(8,9)10;/h11-43,45,48H,1-10H3;/q-2;/i11D,12D,13D,14D,15D,17D,18D,24D,25D,28D,29D,33D,34D;. The van der Waals surface area contributed by atoms with Crippen molar-refractivity contribution < 1.29 is 48.2 Å². The van der Waals surface area contributed by atoms with Crippen molar-refractivity contribution in [2.75, 3.05) is 0 Å². The van der Waals surface area contributed by atoms with Crippen LogP contribution in [0.4, 0.5) is 0 Å². The molecule has 13 rings (SSSR count). The van der Waals surface area contributed by atoms with Crippen molar-refractivity contribution in [2.24, 2.45) is 5.41 Å². The number of fused-ring (bicyclic) bond motifs is 7. The van der Waals surface area contributed by atoms with E-state index in [1.807, 2.05) is 92.6 Å². The van der Waals surface area contributed by atoms with Gasteiger partial charge in [0.1, 0.15) is 5.82 Å². The van der Waals surface area contributed by atoms with Gasteiger partial charge >= 0.3 is 0 Å². The summed E-state index contributed by atoms with van der Waals surface area (Å²) in [6.07, 6.45) is 5.40. The minimum absolute atomic E-state index is 0. The van der Waals surface area contributed by atoms with Crippen LogP contribution in [0.1, 0.15) is 110 Å². The molecule has 81 heavy (non-hydrogen) atoms. The van der Waals surface area contributed by atoms with Gasteiger partial charge in [-0.3, -0.25) is 4.57 Å². The Morgan fingerprint density at radius 1 is 0.556 bits per heavy atom. The maximum Gasteiger partial charge on any atom is 0.268 e. The van der Waals surface area contributed by atoms with E-state index in [1.165, 1.54) is 4.57 Å². The van der Waals surface area contributed by atoms with E-state index in [2.05, 4.69) is 106 Å². The zero-order valence-corrected chi connectivity index (χ0v) is 48.9. The zero-order valence-electron chi connectivity index (χ0n) is 59.7. The summed E-state index contributed by atoms with van der Waals surface area (Å²) in [4.78, 5) is 4.97. The first-order valence-corrected chi connectivity index (χ1v) is 26.9. The molecule has 0 aliphatic rings. The number of rotatable bonds is 9. The summed E-state index contributed by atoms with van der Waals surface area (Å²) >= 11 is 0. The summed E-state index contributed by atoms with van der Waals surface area (Å²) in [7, 11) is 0. The fourth-order valence-electron chi connectivity index (χ4n) is 10.8. The van der Waals surface area contributed by atoms with Crippen LogP contribution in [0.25, 0.3) is 99.8 Å². The topological polar surface area (TPSA) is 40.8 Å². The first-order chi connectivity index (χ1) is 43.9. The molecule has 0 saturated carbocycles. The monoisotopic (exact) mass is 1250 g/mol. The predicted octanol–water partition coefficient (Wildman–Crippen LogP) is 18.8. The molecule has 0 spiro atoms. The van der Waals surface area contributed by atoms with E-state index in [0.29, 0.717) is 55.6 Å². The Labute approximate surface area is 508 Å². The Morgan fingerprint density at radius 2 is 1.17 bits per heavy atom. The van der Waals surface area contributed by atoms with Crippen molar-refractivity contribution in [3.8, 4) is 56.6 Å². The Bertz CT molecular complexity index is 5200. The summed E-state index contributed by atoms with van der Waals surface area (Å²) in [6, 6.07) is 39.4. The van der Waals surface area contributed by atoms with E-state index in [0.717, 1.165) is 27.8 Å². The molecule has 4 aromatic heterocycles. The minimum atomic E-state index is -0.561. The van der Waals surface area contributed by atoms with Crippen LogP contribution >= 0.6 is 0 Å². The SMILES string of the molecule is [2H]c1c([2H])c([2H])c(-c2cccc(-c3cc(C(C)(C)C)cc(C(C)(C)C)c3)c2-[n+]2[c-]n(-c3[c-]c(Oc4[c-]c5c(c(-n6c7c([2H])c([2H])c([2H])c([2H])c7c7c([2H])c([2H])c([2H])c([2H])c76)c4)c4ccccc4n5-c4cc(C(C)C(C)(C)C)ccn4)ccc3)c3ccccc32)c([2H])c1[2H].[Pt]. The molecule has 13 aromatic rings. The van der Waals surface area contributed by atoms with Gasteiger partial charge in [0.25, 0.3) is 6.33 Å². The van der Waals surface area contributed by atoms with Crippen LogP contribution in [0.3, 0.4) is 0 Å². The summed E-state index contributed by atoms with van der Waals surface area (Å²) < 4.78 is 133. The van der Waals surface area contributed by atoms with Gasteiger partial charge < -0.3 is 18.4 Å². The van der Waals surface area contributed by atoms with Crippen LogP contribution < -0.4 is 9.30 Å². The Balaban J connectivity index is 0.00000848. The molecule has 0 saturated heterocycles. The maximum atomic E-state index is 9.56. The van der Waals surface area contributed by atoms with Gasteiger partial charge in [-0.15, -0.1) is 24.3 Å². The number of nitrogens with zero attached hydrogens (tertiary/aromatic N) is 5. The van der Waals surface area contributed by atoms with Gasteiger partial charge in [-0.2, -0.15) is 12.1 Å². The second-order valence-corrected chi connectivity index (χ2v) is 23.7. The van der Waals surface area contributed by atoms with Gasteiger partial charge in [0.15, 0.2) is 0 Å². The van der Waals surface area contributed by atoms with Crippen LogP contribution in [-0.2, 0) is 31.9 Å². The molecule has 6 nitrogen and oxygen atoms in total. The molecule has 0 fully saturated rings. The van der Waals surface area contributed by atoms with Crippen molar-refractivity contribution in [3.63, 3.8) is 0 Å². The largest absolute Gasteiger partial charge is 0.510 e. The van der Waals surface area contributed by atoms with Crippen molar-refractivity contribution in [2.45, 2.75) is 86.0 Å². The van der Waals surface area contributed by atoms with Crippen LogP contribution in [0.2, 0.25) is 0 Å². The van der Waals surface area contributed by atoms with Crippen molar-refractivity contribution >= 4 is 54.6 Å². The van der Waals surface area contributed by atoms with Gasteiger partial charge in [-0.05, 0) is 108 Å². The molecule has 1 unspecified atom stereocenters. The van der Waals surface area contributed by atoms with Crippen LogP contribution in [0.15, 0.2) is 206 Å². The number of aromatic nitrogens is 5. The third kappa shape index (κ3) is 9.47. The molecule has 0 aliphatic carbocycles. The second-order valence-electron chi connectivity index (χ2n) is 23.7. The van der Waals surface area contributed by atoms with Crippen molar-refractivity contribution in [1.29, 1.82) is 0 Å². The van der Waals surface area contributed by atoms with Gasteiger partial charge in [-0.1, -0.05) is 225 Å². The Kier molecular flexibility index (Phi) is 10.0. The average Bonchev–Trinajstić information content (AvgIpc) is 1.53. The average molecular weight is 1250 g/mol. The first kappa shape index (κ1) is 40.0. The van der Waals surface area contributed by atoms with E-state index in [4.69, 9.17) is 19.3 Å². The second kappa shape index (κ2) is 20.3.